The molecule has 0 aliphatic heterocycles. The molecule has 0 bridgehead atoms. The Morgan fingerprint density at radius 1 is 0.444 bits per heavy atom. The Hall–Kier alpha value is -4.89. The van der Waals surface area contributed by atoms with Crippen molar-refractivity contribution >= 4 is 54.4 Å². The van der Waals surface area contributed by atoms with Crippen LogP contribution in [0.3, 0.4) is 0 Å². The van der Waals surface area contributed by atoms with Crippen LogP contribution in [0.5, 0.6) is 0 Å². The molecule has 0 aliphatic carbocycles. The van der Waals surface area contributed by atoms with E-state index in [9.17, 15) is 0 Å². The maximum atomic E-state index is 4.72. The second-order valence-corrected chi connectivity index (χ2v) is 9.28. The van der Waals surface area contributed by atoms with E-state index < -0.39 is 0 Å². The van der Waals surface area contributed by atoms with Crippen molar-refractivity contribution in [3.05, 3.63) is 128 Å². The van der Waals surface area contributed by atoms with E-state index in [2.05, 4.69) is 124 Å². The minimum Gasteiger partial charge on any atom is -0.309 e. The zero-order chi connectivity index (χ0) is 23.6. The molecule has 0 unspecified atom stereocenters. The second kappa shape index (κ2) is 7.30. The number of hydrogen-bond donors (Lipinski definition) is 0. The highest BCUT2D eigenvalue weighted by molar-refractivity contribution is 6.29. The van der Waals surface area contributed by atoms with E-state index in [0.717, 1.165) is 5.82 Å². The van der Waals surface area contributed by atoms with Gasteiger partial charge in [-0.15, -0.1) is 0 Å². The van der Waals surface area contributed by atoms with Crippen LogP contribution < -0.4 is 0 Å². The molecule has 168 valence electrons. The molecule has 0 amide bonds. The van der Waals surface area contributed by atoms with Crippen molar-refractivity contribution in [3.63, 3.8) is 0 Å². The lowest BCUT2D eigenvalue weighted by Crippen LogP contribution is -1.96. The summed E-state index contributed by atoms with van der Waals surface area (Å²) in [4.78, 5) is 4.72. The van der Waals surface area contributed by atoms with Crippen molar-refractivity contribution < 1.29 is 0 Å². The summed E-state index contributed by atoms with van der Waals surface area (Å²) in [6.07, 6.45) is 1.86. The molecule has 3 aromatic heterocycles. The summed E-state index contributed by atoms with van der Waals surface area (Å²) >= 11 is 0. The summed E-state index contributed by atoms with van der Waals surface area (Å²) < 4.78 is 4.69. The van der Waals surface area contributed by atoms with E-state index in [0.29, 0.717) is 0 Å². The van der Waals surface area contributed by atoms with Gasteiger partial charge >= 0.3 is 0 Å². The Balaban J connectivity index is 1.65. The molecule has 0 N–H and O–H groups in total. The van der Waals surface area contributed by atoms with Crippen molar-refractivity contribution in [2.75, 3.05) is 0 Å². The third-order valence-corrected chi connectivity index (χ3v) is 7.32. The molecule has 3 heteroatoms. The summed E-state index contributed by atoms with van der Waals surface area (Å²) in [5, 5.41) is 7.55. The quantitative estimate of drug-likeness (QED) is 0.254. The van der Waals surface area contributed by atoms with Crippen LogP contribution in [-0.2, 0) is 0 Å². The van der Waals surface area contributed by atoms with Crippen molar-refractivity contribution in [2.45, 2.75) is 0 Å². The maximum absolute atomic E-state index is 4.72. The highest BCUT2D eigenvalue weighted by Crippen LogP contribution is 2.42. The van der Waals surface area contributed by atoms with Crippen LogP contribution in [0.1, 0.15) is 0 Å². The first-order valence-corrected chi connectivity index (χ1v) is 12.2. The SMILES string of the molecule is c1ccc(-n2c3cc4ccccc4cc3c3c4c5ccccc5n(-c5ccccn5)c4ccc32)cc1. The highest BCUT2D eigenvalue weighted by Gasteiger charge is 2.20. The molecular weight excluding hydrogens is 438 g/mol. The van der Waals surface area contributed by atoms with Gasteiger partial charge in [0.1, 0.15) is 5.82 Å². The third-order valence-electron chi connectivity index (χ3n) is 7.32. The average Bonchev–Trinajstić information content (AvgIpc) is 3.45. The summed E-state index contributed by atoms with van der Waals surface area (Å²) in [5.41, 5.74) is 5.93. The Bertz CT molecular complexity index is 2080. The van der Waals surface area contributed by atoms with E-state index in [1.165, 1.54) is 60.1 Å². The van der Waals surface area contributed by atoms with Crippen molar-refractivity contribution in [1.82, 2.24) is 14.1 Å². The van der Waals surface area contributed by atoms with Crippen LogP contribution in [-0.4, -0.2) is 14.1 Å². The van der Waals surface area contributed by atoms with E-state index in [1.807, 2.05) is 12.3 Å². The summed E-state index contributed by atoms with van der Waals surface area (Å²) in [7, 11) is 0. The largest absolute Gasteiger partial charge is 0.309 e. The van der Waals surface area contributed by atoms with E-state index in [4.69, 9.17) is 4.98 Å². The lowest BCUT2D eigenvalue weighted by molar-refractivity contribution is 1.08. The number of benzene rings is 5. The molecule has 3 heterocycles. The molecule has 8 aromatic rings. The fraction of sp³-hybridized carbons (Fsp3) is 0. The van der Waals surface area contributed by atoms with Gasteiger partial charge in [-0.1, -0.05) is 66.7 Å². The predicted molar refractivity (Wildman–Crippen MR) is 150 cm³/mol. The fourth-order valence-corrected chi connectivity index (χ4v) is 5.84. The van der Waals surface area contributed by atoms with Gasteiger partial charge in [-0.2, -0.15) is 0 Å². The molecule has 0 aliphatic rings. The van der Waals surface area contributed by atoms with E-state index in [1.54, 1.807) is 0 Å². The topological polar surface area (TPSA) is 22.8 Å². The van der Waals surface area contributed by atoms with Gasteiger partial charge in [0.15, 0.2) is 0 Å². The fourth-order valence-electron chi connectivity index (χ4n) is 5.84. The van der Waals surface area contributed by atoms with Crippen molar-refractivity contribution in [1.29, 1.82) is 0 Å². The van der Waals surface area contributed by atoms with Crippen LogP contribution in [0.15, 0.2) is 128 Å². The number of rotatable bonds is 2. The maximum Gasteiger partial charge on any atom is 0.137 e. The Morgan fingerprint density at radius 3 is 1.92 bits per heavy atom. The van der Waals surface area contributed by atoms with Crippen LogP contribution in [0.2, 0.25) is 0 Å². The first kappa shape index (κ1) is 19.4. The first-order chi connectivity index (χ1) is 17.9. The van der Waals surface area contributed by atoms with Gasteiger partial charge in [-0.3, -0.25) is 4.57 Å². The lowest BCUT2D eigenvalue weighted by Gasteiger charge is -2.09. The van der Waals surface area contributed by atoms with Gasteiger partial charge in [0.05, 0.1) is 22.1 Å². The van der Waals surface area contributed by atoms with Gasteiger partial charge < -0.3 is 4.57 Å². The van der Waals surface area contributed by atoms with Gasteiger partial charge in [0.25, 0.3) is 0 Å². The molecule has 0 saturated carbocycles. The number of pyridine rings is 1. The number of fused-ring (bicyclic) bond motifs is 8. The summed E-state index contributed by atoms with van der Waals surface area (Å²) in [6.45, 7) is 0. The zero-order valence-corrected chi connectivity index (χ0v) is 19.5. The number of hydrogen-bond acceptors (Lipinski definition) is 1. The third kappa shape index (κ3) is 2.60. The van der Waals surface area contributed by atoms with Crippen LogP contribution >= 0.6 is 0 Å². The van der Waals surface area contributed by atoms with Crippen LogP contribution in [0.25, 0.3) is 65.9 Å². The lowest BCUT2D eigenvalue weighted by atomic mass is 10.0. The molecule has 0 atom stereocenters. The summed E-state index contributed by atoms with van der Waals surface area (Å²) in [6, 6.07) is 43.3. The van der Waals surface area contributed by atoms with Crippen LogP contribution in [0.4, 0.5) is 0 Å². The van der Waals surface area contributed by atoms with Crippen LogP contribution in [0, 0.1) is 0 Å². The molecule has 0 spiro atoms. The van der Waals surface area contributed by atoms with Crippen molar-refractivity contribution in [2.24, 2.45) is 0 Å². The number of para-hydroxylation sites is 2. The molecule has 0 saturated heterocycles. The van der Waals surface area contributed by atoms with Gasteiger partial charge in [-0.25, -0.2) is 4.98 Å². The molecule has 5 aromatic carbocycles. The zero-order valence-electron chi connectivity index (χ0n) is 19.5. The monoisotopic (exact) mass is 459 g/mol. The normalized spacial score (nSPS) is 11.9. The van der Waals surface area contributed by atoms with Gasteiger partial charge in [0, 0.05) is 33.4 Å². The Morgan fingerprint density at radius 2 is 1.11 bits per heavy atom. The van der Waals surface area contributed by atoms with Gasteiger partial charge in [-0.05, 0) is 65.4 Å². The minimum absolute atomic E-state index is 0.931. The van der Waals surface area contributed by atoms with E-state index >= 15 is 0 Å². The predicted octanol–water partition coefficient (Wildman–Crippen LogP) is 8.43. The molecule has 3 nitrogen and oxygen atoms in total. The van der Waals surface area contributed by atoms with Gasteiger partial charge in [0.2, 0.25) is 0 Å². The minimum atomic E-state index is 0.931. The molecular formula is C33H21N3. The van der Waals surface area contributed by atoms with Crippen molar-refractivity contribution in [3.8, 4) is 11.5 Å². The first-order valence-electron chi connectivity index (χ1n) is 12.2. The Kier molecular flexibility index (Phi) is 3.94. The molecule has 8 rings (SSSR count). The smallest absolute Gasteiger partial charge is 0.137 e. The molecule has 0 fully saturated rings. The number of nitrogens with zero attached hydrogens (tertiary/aromatic N) is 3. The van der Waals surface area contributed by atoms with E-state index in [-0.39, 0.29) is 0 Å². The molecule has 0 radical (unpaired) electrons. The summed E-state index contributed by atoms with van der Waals surface area (Å²) in [5.74, 6) is 0.931. The Labute approximate surface area is 207 Å². The molecule has 36 heavy (non-hydrogen) atoms. The second-order valence-electron chi connectivity index (χ2n) is 9.28. The standard InChI is InChI=1S/C33H21N3/c1-2-12-24(13-3-1)35-28-17-18-29-32(33(28)26-20-22-10-4-5-11-23(22)21-30(26)35)25-14-6-7-15-27(25)36(29)31-16-8-9-19-34-31/h1-21H. The highest BCUT2D eigenvalue weighted by atomic mass is 15.1. The average molecular weight is 460 g/mol. The number of aromatic nitrogens is 3.